The summed E-state index contributed by atoms with van der Waals surface area (Å²) in [5.41, 5.74) is 0.203. The van der Waals surface area contributed by atoms with Crippen molar-refractivity contribution in [2.45, 2.75) is 6.92 Å². The number of nitrogens with one attached hydrogen (secondary N) is 2. The second kappa shape index (κ2) is 5.74. The Morgan fingerprint density at radius 1 is 0.905 bits per heavy atom. The second-order valence-electron chi connectivity index (χ2n) is 4.29. The molecule has 2 rings (SSSR count). The molecule has 7 nitrogen and oxygen atoms in total. The fourth-order valence-corrected chi connectivity index (χ4v) is 2.22. The van der Waals surface area contributed by atoms with Crippen LogP contribution in [0.5, 0.6) is 17.2 Å². The number of hydrogen-bond acceptors (Lipinski definition) is 5. The first-order valence-electron chi connectivity index (χ1n) is 6.16. The van der Waals surface area contributed by atoms with Crippen LogP contribution in [0, 0.1) is 6.92 Å². The Bertz CT molecular complexity index is 776. The van der Waals surface area contributed by atoms with E-state index in [-0.39, 0.29) is 0 Å². The monoisotopic (exact) mass is 292 g/mol. The van der Waals surface area contributed by atoms with Crippen molar-refractivity contribution in [3.8, 4) is 28.4 Å². The zero-order chi connectivity index (χ0) is 15.6. The van der Waals surface area contributed by atoms with Crippen molar-refractivity contribution in [1.29, 1.82) is 0 Å². The van der Waals surface area contributed by atoms with Gasteiger partial charge in [-0.2, -0.15) is 0 Å². The highest BCUT2D eigenvalue weighted by Crippen LogP contribution is 2.43. The van der Waals surface area contributed by atoms with Gasteiger partial charge < -0.3 is 19.2 Å². The SMILES string of the molecule is COc1ccc(-c2c(C)[nH]c(=O)[nH]c2=O)c(OC)c1OC. The zero-order valence-electron chi connectivity index (χ0n) is 12.2. The molecular weight excluding hydrogens is 276 g/mol. The summed E-state index contributed by atoms with van der Waals surface area (Å²) in [5.74, 6) is 1.22. The van der Waals surface area contributed by atoms with E-state index in [0.29, 0.717) is 34.1 Å². The summed E-state index contributed by atoms with van der Waals surface area (Å²) in [6.45, 7) is 1.64. The van der Waals surface area contributed by atoms with Gasteiger partial charge in [0.25, 0.3) is 5.56 Å². The average Bonchev–Trinajstić information content (AvgIpc) is 2.45. The van der Waals surface area contributed by atoms with Gasteiger partial charge in [0, 0.05) is 11.3 Å². The van der Waals surface area contributed by atoms with E-state index in [4.69, 9.17) is 14.2 Å². The van der Waals surface area contributed by atoms with E-state index in [9.17, 15) is 9.59 Å². The molecule has 0 saturated carbocycles. The summed E-state index contributed by atoms with van der Waals surface area (Å²) in [4.78, 5) is 28.1. The lowest BCUT2D eigenvalue weighted by Crippen LogP contribution is -2.25. The van der Waals surface area contributed by atoms with Crippen LogP contribution in [0.1, 0.15) is 5.69 Å². The largest absolute Gasteiger partial charge is 0.493 e. The lowest BCUT2D eigenvalue weighted by Gasteiger charge is -2.16. The lowest BCUT2D eigenvalue weighted by atomic mass is 10.0. The van der Waals surface area contributed by atoms with E-state index in [1.54, 1.807) is 19.1 Å². The Labute approximate surface area is 120 Å². The minimum Gasteiger partial charge on any atom is -0.493 e. The van der Waals surface area contributed by atoms with Crippen LogP contribution in [0.4, 0.5) is 0 Å². The minimum absolute atomic E-state index is 0.312. The summed E-state index contributed by atoms with van der Waals surface area (Å²) in [7, 11) is 4.46. The Morgan fingerprint density at radius 2 is 1.57 bits per heavy atom. The lowest BCUT2D eigenvalue weighted by molar-refractivity contribution is 0.325. The van der Waals surface area contributed by atoms with Crippen molar-refractivity contribution in [2.75, 3.05) is 21.3 Å². The molecular formula is C14H16N2O5. The first-order chi connectivity index (χ1) is 10.0. The maximum atomic E-state index is 12.1. The molecule has 0 radical (unpaired) electrons. The second-order valence-corrected chi connectivity index (χ2v) is 4.29. The summed E-state index contributed by atoms with van der Waals surface area (Å²) >= 11 is 0. The van der Waals surface area contributed by atoms with E-state index in [1.165, 1.54) is 21.3 Å². The van der Waals surface area contributed by atoms with E-state index >= 15 is 0 Å². The highest BCUT2D eigenvalue weighted by Gasteiger charge is 2.20. The van der Waals surface area contributed by atoms with Crippen LogP contribution in [-0.2, 0) is 0 Å². The first kappa shape index (κ1) is 14.7. The number of aromatic amines is 2. The van der Waals surface area contributed by atoms with Crippen molar-refractivity contribution in [3.63, 3.8) is 0 Å². The zero-order valence-corrected chi connectivity index (χ0v) is 12.2. The Morgan fingerprint density at radius 3 is 2.10 bits per heavy atom. The number of hydrogen-bond donors (Lipinski definition) is 2. The Hall–Kier alpha value is -2.70. The molecule has 7 heteroatoms. The molecule has 1 aromatic heterocycles. The molecule has 1 heterocycles. The molecule has 0 spiro atoms. The van der Waals surface area contributed by atoms with Gasteiger partial charge in [-0.3, -0.25) is 9.78 Å². The first-order valence-corrected chi connectivity index (χ1v) is 6.16. The topological polar surface area (TPSA) is 93.4 Å². The average molecular weight is 292 g/mol. The van der Waals surface area contributed by atoms with Crippen LogP contribution in [0.25, 0.3) is 11.1 Å². The predicted octanol–water partition coefficient (Wildman–Crippen LogP) is 1.06. The third-order valence-corrected chi connectivity index (χ3v) is 3.10. The van der Waals surface area contributed by atoms with Gasteiger partial charge in [-0.05, 0) is 19.1 Å². The molecule has 0 aliphatic heterocycles. The van der Waals surface area contributed by atoms with Gasteiger partial charge in [-0.1, -0.05) is 0 Å². The molecule has 0 bridgehead atoms. The maximum Gasteiger partial charge on any atom is 0.325 e. The van der Waals surface area contributed by atoms with Gasteiger partial charge in [0.05, 0.1) is 26.9 Å². The highest BCUT2D eigenvalue weighted by atomic mass is 16.5. The molecule has 2 aromatic rings. The smallest absolute Gasteiger partial charge is 0.325 e. The molecule has 0 aliphatic carbocycles. The van der Waals surface area contributed by atoms with E-state index in [1.807, 2.05) is 0 Å². The van der Waals surface area contributed by atoms with Crippen molar-refractivity contribution in [1.82, 2.24) is 9.97 Å². The van der Waals surface area contributed by atoms with Crippen LogP contribution < -0.4 is 25.5 Å². The molecule has 21 heavy (non-hydrogen) atoms. The Balaban J connectivity index is 2.82. The standard InChI is InChI=1S/C14H16N2O5/c1-7-10(13(17)16-14(18)15-7)8-5-6-9(19-2)12(21-4)11(8)20-3/h5-6H,1-4H3,(H2,15,16,17,18). The highest BCUT2D eigenvalue weighted by molar-refractivity contribution is 5.77. The van der Waals surface area contributed by atoms with Crippen LogP contribution >= 0.6 is 0 Å². The Kier molecular flexibility index (Phi) is 4.02. The number of ether oxygens (including phenoxy) is 3. The van der Waals surface area contributed by atoms with Gasteiger partial charge in [0.2, 0.25) is 5.75 Å². The minimum atomic E-state index is -0.555. The number of aromatic nitrogens is 2. The molecule has 0 amide bonds. The van der Waals surface area contributed by atoms with Gasteiger partial charge in [0.1, 0.15) is 0 Å². The number of rotatable bonds is 4. The maximum absolute atomic E-state index is 12.1. The summed E-state index contributed by atoms with van der Waals surface area (Å²) in [6, 6.07) is 3.34. The van der Waals surface area contributed by atoms with Crippen molar-refractivity contribution < 1.29 is 14.2 Å². The molecule has 0 fully saturated rings. The van der Waals surface area contributed by atoms with E-state index < -0.39 is 11.2 Å². The number of H-pyrrole nitrogens is 2. The summed E-state index contributed by atoms with van der Waals surface area (Å²) < 4.78 is 15.8. The summed E-state index contributed by atoms with van der Waals surface area (Å²) in [6.07, 6.45) is 0. The molecule has 2 N–H and O–H groups in total. The van der Waals surface area contributed by atoms with E-state index in [0.717, 1.165) is 0 Å². The van der Waals surface area contributed by atoms with E-state index in [2.05, 4.69) is 9.97 Å². The third kappa shape index (κ3) is 2.49. The molecule has 1 aromatic carbocycles. The number of benzene rings is 1. The quantitative estimate of drug-likeness (QED) is 0.879. The fourth-order valence-electron chi connectivity index (χ4n) is 2.22. The van der Waals surface area contributed by atoms with Crippen molar-refractivity contribution in [3.05, 3.63) is 38.7 Å². The molecule has 0 aliphatic rings. The molecule has 0 saturated heterocycles. The number of aryl methyl sites for hydroxylation is 1. The van der Waals surface area contributed by atoms with Crippen molar-refractivity contribution >= 4 is 0 Å². The number of methoxy groups -OCH3 is 3. The fraction of sp³-hybridized carbons (Fsp3) is 0.286. The molecule has 0 unspecified atom stereocenters. The summed E-state index contributed by atoms with van der Waals surface area (Å²) in [5, 5.41) is 0. The normalized spacial score (nSPS) is 10.3. The van der Waals surface area contributed by atoms with Crippen LogP contribution in [0.15, 0.2) is 21.7 Å². The third-order valence-electron chi connectivity index (χ3n) is 3.10. The van der Waals surface area contributed by atoms with Crippen molar-refractivity contribution in [2.24, 2.45) is 0 Å². The van der Waals surface area contributed by atoms with Crippen LogP contribution in [0.3, 0.4) is 0 Å². The van der Waals surface area contributed by atoms with Gasteiger partial charge in [0.15, 0.2) is 11.5 Å². The van der Waals surface area contributed by atoms with Gasteiger partial charge in [-0.15, -0.1) is 0 Å². The predicted molar refractivity (Wildman–Crippen MR) is 77.5 cm³/mol. The van der Waals surface area contributed by atoms with Crippen LogP contribution in [0.2, 0.25) is 0 Å². The molecule has 0 atom stereocenters. The van der Waals surface area contributed by atoms with Crippen LogP contribution in [-0.4, -0.2) is 31.3 Å². The van der Waals surface area contributed by atoms with Gasteiger partial charge >= 0.3 is 5.69 Å². The molecule has 112 valence electrons. The van der Waals surface area contributed by atoms with Gasteiger partial charge in [-0.25, -0.2) is 4.79 Å².